The largest absolute Gasteiger partial charge is 2.00 e. The number of rotatable bonds is 4. The molecule has 1 N–H and O–H groups in total. The molecule has 0 aromatic rings. The zero-order valence-electron chi connectivity index (χ0n) is 9.32. The molecule has 13 heavy (non-hydrogen) atoms. The summed E-state index contributed by atoms with van der Waals surface area (Å²) < 4.78 is 32.9. The van der Waals surface area contributed by atoms with Crippen LogP contribution in [0.15, 0.2) is 12.2 Å². The topological polar surface area (TPSA) is 80.7 Å². The van der Waals surface area contributed by atoms with Crippen LogP contribution in [-0.4, -0.2) is 69.0 Å². The first kappa shape index (κ1) is 15.8. The molecule has 0 saturated heterocycles. The Balaban J connectivity index is -0.000000202. The van der Waals surface area contributed by atoms with Crippen LogP contribution in [0.2, 0.25) is 0 Å². The average molecular weight is 236 g/mol. The van der Waals surface area contributed by atoms with E-state index < -0.39 is 21.8 Å². The Morgan fingerprint density at radius 3 is 2.38 bits per heavy atom. The number of hydrogen-bond donors (Lipinski definition) is 1. The molecule has 0 aliphatic heterocycles. The molecule has 0 aliphatic rings. The van der Waals surface area contributed by atoms with Gasteiger partial charge in [0.25, 0.3) is 10.1 Å². The molecule has 0 aromatic heterocycles. The van der Waals surface area contributed by atoms with Crippen molar-refractivity contribution in [3.8, 4) is 0 Å². The zero-order chi connectivity index (χ0) is 9.78. The van der Waals surface area contributed by atoms with Crippen molar-refractivity contribution >= 4 is 53.8 Å². The van der Waals surface area contributed by atoms with E-state index in [2.05, 4.69) is 11.3 Å². The smallest absolute Gasteiger partial charge is 1.00 e. The Hall–Kier alpha value is 0.380. The maximum absolute atomic E-state index is 10.6. The molecule has 0 spiro atoms. The summed E-state index contributed by atoms with van der Waals surface area (Å²) in [5.41, 5.74) is 0.185. The molecule has 0 aromatic carbocycles. The van der Waals surface area contributed by atoms with Crippen LogP contribution < -0.4 is 0 Å². The van der Waals surface area contributed by atoms with Gasteiger partial charge in [-0.25, -0.2) is 4.79 Å². The van der Waals surface area contributed by atoms with Gasteiger partial charge in [-0.3, -0.25) is 4.55 Å². The van der Waals surface area contributed by atoms with Gasteiger partial charge in [0.05, 0.1) is 0 Å². The van der Waals surface area contributed by atoms with Crippen LogP contribution >= 0.6 is 0 Å². The van der Waals surface area contributed by atoms with Gasteiger partial charge < -0.3 is 7.59 Å². The second kappa shape index (κ2) is 6.78. The van der Waals surface area contributed by atoms with Crippen molar-refractivity contribution in [1.29, 1.82) is 0 Å². The number of hydrogen-bond acceptors (Lipinski definition) is 4. The van der Waals surface area contributed by atoms with E-state index in [9.17, 15) is 13.2 Å². The van der Waals surface area contributed by atoms with E-state index in [1.807, 2.05) is 0 Å². The zero-order valence-corrected chi connectivity index (χ0v) is 10.3. The quantitative estimate of drug-likeness (QED) is 0.317. The summed E-state index contributed by atoms with van der Waals surface area (Å²) in [6.07, 6.45) is 0. The fourth-order valence-electron chi connectivity index (χ4n) is 0.363. The minimum absolute atomic E-state index is 0. The maximum Gasteiger partial charge on any atom is 2.00 e. The molecular formula is C6H12CaO5S. The SMILES string of the molecule is C=C(C)C(=O)OCCS(=O)(=O)O.[Ca+2].[H-].[H-]. The van der Waals surface area contributed by atoms with E-state index in [1.165, 1.54) is 6.92 Å². The Morgan fingerprint density at radius 1 is 1.62 bits per heavy atom. The van der Waals surface area contributed by atoms with Crippen molar-refractivity contribution in [3.63, 3.8) is 0 Å². The van der Waals surface area contributed by atoms with Crippen molar-refractivity contribution in [2.45, 2.75) is 6.92 Å². The second-order valence-electron chi connectivity index (χ2n) is 2.20. The van der Waals surface area contributed by atoms with Gasteiger partial charge in [-0.2, -0.15) is 8.42 Å². The van der Waals surface area contributed by atoms with Crippen LogP contribution in [0.3, 0.4) is 0 Å². The van der Waals surface area contributed by atoms with Crippen LogP contribution in [0.5, 0.6) is 0 Å². The van der Waals surface area contributed by atoms with Crippen LogP contribution in [0.1, 0.15) is 9.78 Å². The maximum atomic E-state index is 10.6. The fourth-order valence-corrected chi connectivity index (χ4v) is 0.657. The van der Waals surface area contributed by atoms with Gasteiger partial charge in [-0.05, 0) is 6.92 Å². The van der Waals surface area contributed by atoms with Gasteiger partial charge in [0.1, 0.15) is 12.4 Å². The first-order valence-electron chi connectivity index (χ1n) is 3.11. The van der Waals surface area contributed by atoms with Crippen molar-refractivity contribution in [2.75, 3.05) is 12.4 Å². The summed E-state index contributed by atoms with van der Waals surface area (Å²) in [5, 5.41) is 0. The number of carbonyl (C=O) groups is 1. The van der Waals surface area contributed by atoms with Crippen LogP contribution in [0.25, 0.3) is 0 Å². The summed E-state index contributed by atoms with van der Waals surface area (Å²) in [6, 6.07) is 0. The monoisotopic (exact) mass is 236 g/mol. The Labute approximate surface area is 110 Å². The van der Waals surface area contributed by atoms with Gasteiger partial charge in [-0.15, -0.1) is 0 Å². The minimum atomic E-state index is -4.05. The number of ether oxygens (including phenoxy) is 1. The summed E-state index contributed by atoms with van der Waals surface area (Å²) >= 11 is 0. The van der Waals surface area contributed by atoms with Crippen molar-refractivity contribution in [3.05, 3.63) is 12.2 Å². The molecule has 5 nitrogen and oxygen atoms in total. The third kappa shape index (κ3) is 10.3. The first-order chi connectivity index (χ1) is 5.33. The van der Waals surface area contributed by atoms with Crippen molar-refractivity contribution < 1.29 is 25.4 Å². The van der Waals surface area contributed by atoms with Gasteiger partial charge in [-0.1, -0.05) is 6.58 Å². The third-order valence-electron chi connectivity index (χ3n) is 0.923. The van der Waals surface area contributed by atoms with Gasteiger partial charge >= 0.3 is 43.7 Å². The molecule has 74 valence electrons. The Kier molecular flexibility index (Phi) is 8.26. The average Bonchev–Trinajstić information content (AvgIpc) is 1.84. The van der Waals surface area contributed by atoms with Crippen LogP contribution in [-0.2, 0) is 19.6 Å². The predicted octanol–water partition coefficient (Wildman–Crippen LogP) is -0.162. The van der Waals surface area contributed by atoms with E-state index in [0.29, 0.717) is 0 Å². The van der Waals surface area contributed by atoms with Gasteiger partial charge in [0.15, 0.2) is 0 Å². The summed E-state index contributed by atoms with van der Waals surface area (Å²) in [7, 11) is -4.05. The molecule has 0 radical (unpaired) electrons. The standard InChI is InChI=1S/C6H10O5S.Ca.2H/c1-5(2)6(7)11-3-4-12(8,9)10;;;/h1,3-4H2,2H3,(H,8,9,10);;;/q;+2;2*-1. The summed E-state index contributed by atoms with van der Waals surface area (Å²) in [5.74, 6) is -1.26. The van der Waals surface area contributed by atoms with E-state index in [-0.39, 0.29) is 52.8 Å². The number of esters is 1. The second-order valence-corrected chi connectivity index (χ2v) is 3.77. The third-order valence-corrected chi connectivity index (χ3v) is 1.61. The van der Waals surface area contributed by atoms with Crippen molar-refractivity contribution in [2.24, 2.45) is 0 Å². The predicted molar refractivity (Wildman–Crippen MR) is 50.2 cm³/mol. The molecule has 0 bridgehead atoms. The molecule has 7 heteroatoms. The molecule has 0 aliphatic carbocycles. The van der Waals surface area contributed by atoms with Gasteiger partial charge in [0, 0.05) is 5.57 Å². The minimum Gasteiger partial charge on any atom is -1.00 e. The molecule has 0 fully saturated rings. The Bertz CT molecular complexity index is 290. The van der Waals surface area contributed by atoms with E-state index in [0.717, 1.165) is 0 Å². The van der Waals surface area contributed by atoms with E-state index >= 15 is 0 Å². The fraction of sp³-hybridized carbons (Fsp3) is 0.500. The van der Waals surface area contributed by atoms with Crippen molar-refractivity contribution in [1.82, 2.24) is 0 Å². The van der Waals surface area contributed by atoms with Crippen LogP contribution in [0, 0.1) is 0 Å². The van der Waals surface area contributed by atoms with Gasteiger partial charge in [0.2, 0.25) is 0 Å². The van der Waals surface area contributed by atoms with E-state index in [4.69, 9.17) is 4.55 Å². The molecular weight excluding hydrogens is 224 g/mol. The molecule has 0 unspecified atom stereocenters. The molecule has 0 rings (SSSR count). The van der Waals surface area contributed by atoms with E-state index in [1.54, 1.807) is 0 Å². The first-order valence-corrected chi connectivity index (χ1v) is 4.71. The molecule has 0 amide bonds. The summed E-state index contributed by atoms with van der Waals surface area (Å²) in [6.45, 7) is 4.37. The Morgan fingerprint density at radius 2 is 2.08 bits per heavy atom. The normalized spacial score (nSPS) is 10.0. The summed E-state index contributed by atoms with van der Waals surface area (Å²) in [4.78, 5) is 10.6. The molecule has 0 heterocycles. The molecule has 0 saturated carbocycles. The number of carbonyl (C=O) groups excluding carboxylic acids is 1. The van der Waals surface area contributed by atoms with Crippen LogP contribution in [0.4, 0.5) is 0 Å². The molecule has 0 atom stereocenters.